The number of benzene rings is 1. The number of nitrogens with one attached hydrogen (secondary N) is 1. The van der Waals surface area contributed by atoms with E-state index in [4.69, 9.17) is 5.73 Å². The zero-order valence-corrected chi connectivity index (χ0v) is 12.0. The second-order valence-corrected chi connectivity index (χ2v) is 7.02. The Hall–Kier alpha value is -1.07. The lowest BCUT2D eigenvalue weighted by Crippen LogP contribution is -2.35. The Morgan fingerprint density at radius 1 is 1.11 bits per heavy atom. The van der Waals surface area contributed by atoms with Gasteiger partial charge < -0.3 is 5.73 Å². The van der Waals surface area contributed by atoms with Gasteiger partial charge in [0.05, 0.1) is 5.75 Å². The van der Waals surface area contributed by atoms with Gasteiger partial charge in [0.2, 0.25) is 10.0 Å². The maximum Gasteiger partial charge on any atom is 0.216 e. The highest BCUT2D eigenvalue weighted by atomic mass is 32.2. The monoisotopic (exact) mass is 282 g/mol. The van der Waals surface area contributed by atoms with Gasteiger partial charge in [0.25, 0.3) is 0 Å². The molecule has 0 amide bonds. The Morgan fingerprint density at radius 3 is 2.37 bits per heavy atom. The van der Waals surface area contributed by atoms with E-state index < -0.39 is 10.0 Å². The molecule has 0 saturated heterocycles. The van der Waals surface area contributed by atoms with Gasteiger partial charge in [0.15, 0.2) is 0 Å². The van der Waals surface area contributed by atoms with Crippen molar-refractivity contribution in [2.24, 2.45) is 0 Å². The average molecular weight is 282 g/mol. The Balaban J connectivity index is 2.00. The number of rotatable bonds is 4. The van der Waals surface area contributed by atoms with Crippen LogP contribution in [0.1, 0.15) is 44.1 Å². The third kappa shape index (κ3) is 4.51. The first-order chi connectivity index (χ1) is 9.07. The van der Waals surface area contributed by atoms with E-state index in [1.165, 1.54) is 12.8 Å². The van der Waals surface area contributed by atoms with E-state index in [1.807, 2.05) is 12.1 Å². The van der Waals surface area contributed by atoms with E-state index in [1.54, 1.807) is 12.1 Å². The van der Waals surface area contributed by atoms with Crippen LogP contribution in [0.5, 0.6) is 0 Å². The molecule has 0 radical (unpaired) electrons. The van der Waals surface area contributed by atoms with Crippen LogP contribution >= 0.6 is 0 Å². The van der Waals surface area contributed by atoms with Gasteiger partial charge in [-0.2, -0.15) is 0 Å². The molecule has 4 nitrogen and oxygen atoms in total. The molecule has 0 bridgehead atoms. The summed E-state index contributed by atoms with van der Waals surface area (Å²) in [5.74, 6) is -0.0316. The minimum Gasteiger partial charge on any atom is -0.398 e. The maximum atomic E-state index is 12.2. The molecule has 19 heavy (non-hydrogen) atoms. The van der Waals surface area contributed by atoms with E-state index in [2.05, 4.69) is 4.72 Å². The van der Waals surface area contributed by atoms with Crippen molar-refractivity contribution >= 4 is 15.7 Å². The number of anilines is 1. The molecule has 1 aromatic rings. The largest absolute Gasteiger partial charge is 0.398 e. The Kier molecular flexibility index (Phi) is 4.82. The molecular formula is C14H22N2O2S. The highest BCUT2D eigenvalue weighted by Crippen LogP contribution is 2.19. The molecule has 3 N–H and O–H groups in total. The molecule has 1 aliphatic rings. The van der Waals surface area contributed by atoms with Crippen LogP contribution in [-0.4, -0.2) is 14.5 Å². The molecule has 0 atom stereocenters. The minimum absolute atomic E-state index is 0.0316. The van der Waals surface area contributed by atoms with Gasteiger partial charge >= 0.3 is 0 Å². The van der Waals surface area contributed by atoms with Crippen molar-refractivity contribution in [3.63, 3.8) is 0 Å². The number of hydrogen-bond acceptors (Lipinski definition) is 3. The van der Waals surface area contributed by atoms with Crippen LogP contribution in [0, 0.1) is 0 Å². The third-order valence-electron chi connectivity index (χ3n) is 3.60. The van der Waals surface area contributed by atoms with Crippen molar-refractivity contribution in [3.05, 3.63) is 29.8 Å². The van der Waals surface area contributed by atoms with Crippen LogP contribution in [-0.2, 0) is 15.8 Å². The molecule has 1 fully saturated rings. The molecule has 1 aromatic carbocycles. The molecule has 0 unspecified atom stereocenters. The van der Waals surface area contributed by atoms with E-state index in [-0.39, 0.29) is 11.8 Å². The number of sulfonamides is 1. The molecule has 5 heteroatoms. The lowest BCUT2D eigenvalue weighted by Gasteiger charge is -2.16. The third-order valence-corrected chi connectivity index (χ3v) is 4.99. The average Bonchev–Trinajstić information content (AvgIpc) is 2.60. The summed E-state index contributed by atoms with van der Waals surface area (Å²) in [6.07, 6.45) is 6.54. The minimum atomic E-state index is -3.30. The quantitative estimate of drug-likeness (QED) is 0.658. The molecule has 106 valence electrons. The molecule has 0 spiro atoms. The van der Waals surface area contributed by atoms with Crippen LogP contribution in [0.15, 0.2) is 24.3 Å². The molecule has 0 aliphatic heterocycles. The smallest absolute Gasteiger partial charge is 0.216 e. The molecule has 0 heterocycles. The van der Waals surface area contributed by atoms with E-state index in [0.717, 1.165) is 25.7 Å². The van der Waals surface area contributed by atoms with E-state index in [0.29, 0.717) is 11.3 Å². The van der Waals surface area contributed by atoms with Crippen LogP contribution in [0.25, 0.3) is 0 Å². The van der Waals surface area contributed by atoms with Gasteiger partial charge in [-0.25, -0.2) is 13.1 Å². The van der Waals surface area contributed by atoms with Gasteiger partial charge in [0.1, 0.15) is 0 Å². The SMILES string of the molecule is Nc1ccccc1CS(=O)(=O)NC1CCCCCC1. The predicted octanol–water partition coefficient (Wildman–Crippen LogP) is 2.41. The molecule has 1 aliphatic carbocycles. The normalized spacial score (nSPS) is 18.1. The first-order valence-corrected chi connectivity index (χ1v) is 8.55. The van der Waals surface area contributed by atoms with Crippen molar-refractivity contribution < 1.29 is 8.42 Å². The first-order valence-electron chi connectivity index (χ1n) is 6.90. The summed E-state index contributed by atoms with van der Waals surface area (Å²) in [5.41, 5.74) is 7.00. The fraction of sp³-hybridized carbons (Fsp3) is 0.571. The van der Waals surface area contributed by atoms with Crippen LogP contribution < -0.4 is 10.5 Å². The number of nitrogen functional groups attached to an aromatic ring is 1. The summed E-state index contributed by atoms with van der Waals surface area (Å²) in [6, 6.07) is 7.22. The van der Waals surface area contributed by atoms with Crippen molar-refractivity contribution in [3.8, 4) is 0 Å². The van der Waals surface area contributed by atoms with Crippen molar-refractivity contribution in [2.75, 3.05) is 5.73 Å². The van der Waals surface area contributed by atoms with Crippen LogP contribution in [0.2, 0.25) is 0 Å². The molecule has 2 rings (SSSR count). The Morgan fingerprint density at radius 2 is 1.74 bits per heavy atom. The summed E-state index contributed by atoms with van der Waals surface area (Å²) < 4.78 is 27.2. The van der Waals surface area contributed by atoms with Gasteiger partial charge in [0, 0.05) is 11.7 Å². The van der Waals surface area contributed by atoms with E-state index in [9.17, 15) is 8.42 Å². The van der Waals surface area contributed by atoms with Crippen molar-refractivity contribution in [1.29, 1.82) is 0 Å². The summed E-state index contributed by atoms with van der Waals surface area (Å²) in [4.78, 5) is 0. The van der Waals surface area contributed by atoms with E-state index >= 15 is 0 Å². The van der Waals surface area contributed by atoms with Gasteiger partial charge in [-0.15, -0.1) is 0 Å². The maximum absolute atomic E-state index is 12.2. The summed E-state index contributed by atoms with van der Waals surface area (Å²) in [5, 5.41) is 0. The first kappa shape index (κ1) is 14.3. The second-order valence-electron chi connectivity index (χ2n) is 5.26. The van der Waals surface area contributed by atoms with Crippen LogP contribution in [0.3, 0.4) is 0 Å². The fourth-order valence-corrected chi connectivity index (χ4v) is 4.06. The summed E-state index contributed by atoms with van der Waals surface area (Å²) >= 11 is 0. The lowest BCUT2D eigenvalue weighted by molar-refractivity contribution is 0.509. The Bertz CT molecular complexity index is 506. The zero-order chi connectivity index (χ0) is 13.7. The standard InChI is InChI=1S/C14H22N2O2S/c15-14-10-6-5-7-12(14)11-19(17,18)16-13-8-3-1-2-4-9-13/h5-7,10,13,16H,1-4,8-9,11,15H2. The van der Waals surface area contributed by atoms with Gasteiger partial charge in [-0.05, 0) is 24.5 Å². The van der Waals surface area contributed by atoms with Crippen molar-refractivity contribution in [2.45, 2.75) is 50.3 Å². The van der Waals surface area contributed by atoms with Gasteiger partial charge in [-0.1, -0.05) is 43.9 Å². The summed E-state index contributed by atoms with van der Waals surface area (Å²) in [6.45, 7) is 0. The highest BCUT2D eigenvalue weighted by molar-refractivity contribution is 7.88. The Labute approximate surface area is 115 Å². The number of para-hydroxylation sites is 1. The van der Waals surface area contributed by atoms with Crippen molar-refractivity contribution in [1.82, 2.24) is 4.72 Å². The molecule has 0 aromatic heterocycles. The fourth-order valence-electron chi connectivity index (χ4n) is 2.56. The topological polar surface area (TPSA) is 72.2 Å². The highest BCUT2D eigenvalue weighted by Gasteiger charge is 2.20. The second kappa shape index (κ2) is 6.39. The summed E-state index contributed by atoms with van der Waals surface area (Å²) in [7, 11) is -3.30. The number of nitrogens with two attached hydrogens (primary N) is 1. The number of hydrogen-bond donors (Lipinski definition) is 2. The molecular weight excluding hydrogens is 260 g/mol. The van der Waals surface area contributed by atoms with Crippen LogP contribution in [0.4, 0.5) is 5.69 Å². The molecule has 1 saturated carbocycles. The van der Waals surface area contributed by atoms with Gasteiger partial charge in [-0.3, -0.25) is 0 Å². The zero-order valence-electron chi connectivity index (χ0n) is 11.1. The predicted molar refractivity (Wildman–Crippen MR) is 78.1 cm³/mol. The lowest BCUT2D eigenvalue weighted by atomic mass is 10.1.